The number of hydrogen-bond acceptors (Lipinski definition) is 5. The molecule has 5 nitrogen and oxygen atoms in total. The zero-order valence-corrected chi connectivity index (χ0v) is 14.6. The molecule has 1 aliphatic heterocycles. The molecule has 2 aromatic carbocycles. The maximum absolute atomic E-state index is 5.66. The molecule has 0 amide bonds. The van der Waals surface area contributed by atoms with Crippen molar-refractivity contribution in [2.45, 2.75) is 18.3 Å². The summed E-state index contributed by atoms with van der Waals surface area (Å²) in [6.45, 7) is 3.45. The maximum Gasteiger partial charge on any atom is 0.237 e. The third-order valence-electron chi connectivity index (χ3n) is 5.41. The van der Waals surface area contributed by atoms with Gasteiger partial charge in [0, 0.05) is 24.3 Å². The van der Waals surface area contributed by atoms with Crippen LogP contribution in [0.3, 0.4) is 0 Å². The van der Waals surface area contributed by atoms with Crippen LogP contribution in [0.15, 0.2) is 59.1 Å². The number of morpholine rings is 1. The van der Waals surface area contributed by atoms with Gasteiger partial charge in [-0.25, -0.2) is 0 Å². The largest absolute Gasteiger partial charge is 0.378 e. The minimum absolute atomic E-state index is 0.0831. The van der Waals surface area contributed by atoms with Crippen LogP contribution in [0.5, 0.6) is 0 Å². The number of benzene rings is 2. The first-order chi connectivity index (χ1) is 12.9. The number of aromatic nitrogens is 2. The van der Waals surface area contributed by atoms with Crippen LogP contribution in [0.25, 0.3) is 11.4 Å². The van der Waals surface area contributed by atoms with E-state index in [0.29, 0.717) is 5.82 Å². The van der Waals surface area contributed by atoms with Crippen LogP contribution in [-0.2, 0) is 10.2 Å². The fourth-order valence-corrected chi connectivity index (χ4v) is 3.69. The number of anilines is 1. The van der Waals surface area contributed by atoms with Crippen LogP contribution in [0.2, 0.25) is 0 Å². The third-order valence-corrected chi connectivity index (χ3v) is 5.41. The molecule has 1 saturated heterocycles. The molecular weight excluding hydrogens is 326 g/mol. The molecule has 0 radical (unpaired) electrons. The fraction of sp³-hybridized carbons (Fsp3) is 0.333. The highest BCUT2D eigenvalue weighted by atomic mass is 16.5. The van der Waals surface area contributed by atoms with Crippen LogP contribution in [-0.4, -0.2) is 36.4 Å². The molecule has 0 N–H and O–H groups in total. The Balaban J connectivity index is 1.39. The summed E-state index contributed by atoms with van der Waals surface area (Å²) in [5, 5.41) is 4.24. The molecule has 5 heteroatoms. The lowest BCUT2D eigenvalue weighted by atomic mass is 9.96. The molecule has 2 heterocycles. The molecular formula is C21H21N3O2. The van der Waals surface area contributed by atoms with E-state index >= 15 is 0 Å². The van der Waals surface area contributed by atoms with Crippen LogP contribution >= 0.6 is 0 Å². The normalized spacial score (nSPS) is 18.7. The summed E-state index contributed by atoms with van der Waals surface area (Å²) in [5.74, 6) is 1.40. The van der Waals surface area contributed by atoms with E-state index in [9.17, 15) is 0 Å². The molecule has 132 valence electrons. The van der Waals surface area contributed by atoms with E-state index in [4.69, 9.17) is 14.2 Å². The zero-order valence-electron chi connectivity index (χ0n) is 14.6. The average Bonchev–Trinajstić information content (AvgIpc) is 3.39. The standard InChI is InChI=1S/C21H21N3O2/c1-2-4-17(5-3-1)21(10-11-21)20-22-19(23-26-20)16-6-8-18(9-7-16)24-12-14-25-15-13-24/h1-9H,10-15H2. The highest BCUT2D eigenvalue weighted by Gasteiger charge is 2.50. The first-order valence-electron chi connectivity index (χ1n) is 9.18. The summed E-state index contributed by atoms with van der Waals surface area (Å²) < 4.78 is 11.1. The number of hydrogen-bond donors (Lipinski definition) is 0. The minimum atomic E-state index is -0.0831. The van der Waals surface area contributed by atoms with Crippen molar-refractivity contribution in [3.8, 4) is 11.4 Å². The van der Waals surface area contributed by atoms with Gasteiger partial charge in [0.1, 0.15) is 0 Å². The highest BCUT2D eigenvalue weighted by molar-refractivity contribution is 5.60. The summed E-state index contributed by atoms with van der Waals surface area (Å²) in [6, 6.07) is 18.9. The Morgan fingerprint density at radius 2 is 1.62 bits per heavy atom. The lowest BCUT2D eigenvalue weighted by Gasteiger charge is -2.28. The summed E-state index contributed by atoms with van der Waals surface area (Å²) >= 11 is 0. The summed E-state index contributed by atoms with van der Waals surface area (Å²) in [6.07, 6.45) is 2.13. The van der Waals surface area contributed by atoms with E-state index < -0.39 is 0 Å². The van der Waals surface area contributed by atoms with Gasteiger partial charge in [0.25, 0.3) is 0 Å². The summed E-state index contributed by atoms with van der Waals surface area (Å²) in [7, 11) is 0. The number of ether oxygens (including phenoxy) is 1. The third kappa shape index (κ3) is 2.69. The Labute approximate surface area is 152 Å². The zero-order chi connectivity index (χ0) is 17.4. The molecule has 0 atom stereocenters. The molecule has 3 aromatic rings. The van der Waals surface area contributed by atoms with E-state index in [-0.39, 0.29) is 5.41 Å². The van der Waals surface area contributed by atoms with Gasteiger partial charge in [-0.3, -0.25) is 0 Å². The van der Waals surface area contributed by atoms with Gasteiger partial charge in [0.2, 0.25) is 11.7 Å². The predicted molar refractivity (Wildman–Crippen MR) is 99.2 cm³/mol. The van der Waals surface area contributed by atoms with Gasteiger partial charge in [0.15, 0.2) is 0 Å². The second kappa shape index (κ2) is 6.25. The van der Waals surface area contributed by atoms with Crippen molar-refractivity contribution in [2.24, 2.45) is 0 Å². The lowest BCUT2D eigenvalue weighted by Crippen LogP contribution is -2.36. The molecule has 0 bridgehead atoms. The molecule has 1 aliphatic carbocycles. The smallest absolute Gasteiger partial charge is 0.237 e. The van der Waals surface area contributed by atoms with Crippen LogP contribution in [0.1, 0.15) is 24.3 Å². The number of nitrogens with zero attached hydrogens (tertiary/aromatic N) is 3. The van der Waals surface area contributed by atoms with Gasteiger partial charge in [0.05, 0.1) is 18.6 Å². The Morgan fingerprint density at radius 3 is 2.31 bits per heavy atom. The quantitative estimate of drug-likeness (QED) is 0.721. The van der Waals surface area contributed by atoms with Crippen LogP contribution in [0, 0.1) is 0 Å². The molecule has 5 rings (SSSR count). The molecule has 0 unspecified atom stereocenters. The summed E-state index contributed by atoms with van der Waals surface area (Å²) in [5.41, 5.74) is 3.38. The molecule has 26 heavy (non-hydrogen) atoms. The van der Waals surface area contributed by atoms with Crippen molar-refractivity contribution in [1.29, 1.82) is 0 Å². The number of rotatable bonds is 4. The van der Waals surface area contributed by atoms with Crippen molar-refractivity contribution in [3.05, 3.63) is 66.1 Å². The van der Waals surface area contributed by atoms with E-state index in [1.807, 2.05) is 6.07 Å². The Morgan fingerprint density at radius 1 is 0.885 bits per heavy atom. The van der Waals surface area contributed by atoms with Gasteiger partial charge in [-0.1, -0.05) is 35.5 Å². The Bertz CT molecular complexity index is 879. The second-order valence-corrected chi connectivity index (χ2v) is 7.02. The molecule has 2 fully saturated rings. The lowest BCUT2D eigenvalue weighted by molar-refractivity contribution is 0.122. The first kappa shape index (κ1) is 15.6. The van der Waals surface area contributed by atoms with E-state index in [1.54, 1.807) is 0 Å². The fourth-order valence-electron chi connectivity index (χ4n) is 3.69. The van der Waals surface area contributed by atoms with Crippen LogP contribution in [0.4, 0.5) is 5.69 Å². The SMILES string of the molecule is c1ccc(C2(c3nc(-c4ccc(N5CCOCC5)cc4)no3)CC2)cc1. The van der Waals surface area contributed by atoms with E-state index in [0.717, 1.165) is 50.6 Å². The molecule has 0 spiro atoms. The van der Waals surface area contributed by atoms with Crippen molar-refractivity contribution in [3.63, 3.8) is 0 Å². The first-order valence-corrected chi connectivity index (χ1v) is 9.18. The van der Waals surface area contributed by atoms with E-state index in [2.05, 4.69) is 58.6 Å². The highest BCUT2D eigenvalue weighted by Crippen LogP contribution is 2.52. The van der Waals surface area contributed by atoms with E-state index in [1.165, 1.54) is 11.3 Å². The monoisotopic (exact) mass is 347 g/mol. The Kier molecular flexibility index (Phi) is 3.75. The van der Waals surface area contributed by atoms with Gasteiger partial charge < -0.3 is 14.2 Å². The van der Waals surface area contributed by atoms with Gasteiger partial charge >= 0.3 is 0 Å². The predicted octanol–water partition coefficient (Wildman–Crippen LogP) is 3.65. The Hall–Kier alpha value is -2.66. The van der Waals surface area contributed by atoms with Crippen LogP contribution < -0.4 is 4.90 Å². The van der Waals surface area contributed by atoms with Gasteiger partial charge in [-0.2, -0.15) is 4.98 Å². The van der Waals surface area contributed by atoms with Crippen molar-refractivity contribution < 1.29 is 9.26 Å². The molecule has 2 aliphatic rings. The maximum atomic E-state index is 5.66. The topological polar surface area (TPSA) is 51.4 Å². The average molecular weight is 347 g/mol. The van der Waals surface area contributed by atoms with Gasteiger partial charge in [-0.15, -0.1) is 0 Å². The molecule has 1 aromatic heterocycles. The second-order valence-electron chi connectivity index (χ2n) is 7.02. The van der Waals surface area contributed by atoms with Crippen molar-refractivity contribution in [1.82, 2.24) is 10.1 Å². The van der Waals surface area contributed by atoms with Crippen molar-refractivity contribution >= 4 is 5.69 Å². The van der Waals surface area contributed by atoms with Crippen molar-refractivity contribution in [2.75, 3.05) is 31.2 Å². The van der Waals surface area contributed by atoms with Gasteiger partial charge in [-0.05, 0) is 42.7 Å². The minimum Gasteiger partial charge on any atom is -0.378 e. The molecule has 1 saturated carbocycles. The summed E-state index contributed by atoms with van der Waals surface area (Å²) in [4.78, 5) is 7.06.